The number of anilines is 1. The lowest BCUT2D eigenvalue weighted by molar-refractivity contribution is -0.150. The lowest BCUT2D eigenvalue weighted by Gasteiger charge is -2.29. The van der Waals surface area contributed by atoms with Crippen LogP contribution in [0, 0.1) is 17.0 Å². The molecule has 2 aromatic rings. The van der Waals surface area contributed by atoms with Crippen molar-refractivity contribution in [3.05, 3.63) is 71.8 Å². The van der Waals surface area contributed by atoms with Gasteiger partial charge in [-0.1, -0.05) is 45.1 Å². The summed E-state index contributed by atoms with van der Waals surface area (Å²) in [4.78, 5) is 28.3. The zero-order valence-corrected chi connectivity index (χ0v) is 23.4. The van der Waals surface area contributed by atoms with Gasteiger partial charge in [0.2, 0.25) is 0 Å². The molecule has 0 bridgehead atoms. The molecular weight excluding hydrogens is 546 g/mol. The Morgan fingerprint density at radius 3 is 2.38 bits per heavy atom. The van der Waals surface area contributed by atoms with Gasteiger partial charge in [0.15, 0.2) is 6.10 Å². The Kier molecular flexibility index (Phi) is 10.3. The van der Waals surface area contributed by atoms with Crippen LogP contribution in [0.2, 0.25) is 0 Å². The van der Waals surface area contributed by atoms with Crippen LogP contribution < -0.4 is 10.2 Å². The first-order valence-electron chi connectivity index (χ1n) is 12.5. The average molecular weight is 581 g/mol. The van der Waals surface area contributed by atoms with Gasteiger partial charge >= 0.3 is 0 Å². The zero-order chi connectivity index (χ0) is 29.8. The number of fused-ring (bicyclic) bond motifs is 1. The van der Waals surface area contributed by atoms with Gasteiger partial charge in [-0.25, -0.2) is 8.78 Å². The van der Waals surface area contributed by atoms with Gasteiger partial charge in [-0.2, -0.15) is 0 Å². The molecule has 0 aliphatic carbocycles. The van der Waals surface area contributed by atoms with Crippen molar-refractivity contribution >= 4 is 28.3 Å². The Balaban J connectivity index is 1.86. The first-order chi connectivity index (χ1) is 18.7. The van der Waals surface area contributed by atoms with Gasteiger partial charge in [-0.15, -0.1) is 0 Å². The quantitative estimate of drug-likeness (QED) is 0.332. The van der Waals surface area contributed by atoms with E-state index in [0.717, 1.165) is 19.2 Å². The summed E-state index contributed by atoms with van der Waals surface area (Å²) in [7, 11) is -0.665. The molecule has 9 nitrogen and oxygen atoms in total. The number of methoxy groups -OCH3 is 1. The molecule has 12 heteroatoms. The second kappa shape index (κ2) is 13.1. The van der Waals surface area contributed by atoms with Crippen LogP contribution in [-0.2, 0) is 31.7 Å². The monoisotopic (exact) mass is 580 g/mol. The van der Waals surface area contributed by atoms with Gasteiger partial charge in [-0.3, -0.25) is 13.8 Å². The molecular formula is C28H34F2N2O7S. The zero-order valence-electron chi connectivity index (χ0n) is 22.6. The maximum absolute atomic E-state index is 13.9. The van der Waals surface area contributed by atoms with Crippen LogP contribution in [0.4, 0.5) is 14.5 Å². The topological polar surface area (TPSA) is 136 Å². The maximum atomic E-state index is 13.9. The highest BCUT2D eigenvalue weighted by Gasteiger charge is 2.40. The fourth-order valence-corrected chi connectivity index (χ4v) is 5.53. The molecule has 1 heterocycles. The van der Waals surface area contributed by atoms with Crippen molar-refractivity contribution in [2.24, 2.45) is 5.41 Å². The first-order valence-corrected chi connectivity index (χ1v) is 13.8. The smallest absolute Gasteiger partial charge is 0.252 e. The van der Waals surface area contributed by atoms with Crippen molar-refractivity contribution < 1.29 is 42.6 Å². The van der Waals surface area contributed by atoms with Crippen molar-refractivity contribution in [2.45, 2.75) is 62.7 Å². The molecule has 218 valence electrons. The molecule has 40 heavy (non-hydrogen) atoms. The summed E-state index contributed by atoms with van der Waals surface area (Å²) < 4.78 is 46.0. The van der Waals surface area contributed by atoms with Crippen LogP contribution in [0.1, 0.15) is 26.3 Å². The Morgan fingerprint density at radius 1 is 1.15 bits per heavy atom. The largest absolute Gasteiger partial charge is 0.387 e. The summed E-state index contributed by atoms with van der Waals surface area (Å²) in [6.07, 6.45) is -4.00. The van der Waals surface area contributed by atoms with E-state index in [4.69, 9.17) is 4.74 Å². The number of aliphatic hydroxyl groups excluding tert-OH is 3. The van der Waals surface area contributed by atoms with Crippen molar-refractivity contribution in [1.29, 1.82) is 0 Å². The standard InChI is InChI=1S/C28H34F2N2O7S/c1-28(2,3)10-9-21(33)23(34)24(35)25(39-4)26(36)31-19-15-40(38)22-8-6-5-7-20(22)32(27(19)37)14-16-11-17(29)13-18(30)12-16/h5-13,19,21,23-25,33-35H,14-15H2,1-4H3,(H,31,36)/b10-9+/t19-,21+,23-,24+,25+,40+/m0/s1. The molecule has 0 saturated heterocycles. The molecule has 6 atom stereocenters. The average Bonchev–Trinajstić information content (AvgIpc) is 2.96. The number of halogens is 2. The van der Waals surface area contributed by atoms with E-state index in [0.29, 0.717) is 6.07 Å². The van der Waals surface area contributed by atoms with Crippen LogP contribution in [0.5, 0.6) is 0 Å². The Hall–Kier alpha value is -3.03. The Morgan fingerprint density at radius 2 is 1.77 bits per heavy atom. The molecule has 3 rings (SSSR count). The van der Waals surface area contributed by atoms with Crippen molar-refractivity contribution in [1.82, 2.24) is 5.32 Å². The van der Waals surface area contributed by atoms with E-state index in [1.54, 1.807) is 24.3 Å². The number of ether oxygens (including phenoxy) is 1. The number of para-hydroxylation sites is 1. The third kappa shape index (κ3) is 7.79. The maximum Gasteiger partial charge on any atom is 0.252 e. The minimum Gasteiger partial charge on any atom is -0.387 e. The van der Waals surface area contributed by atoms with E-state index in [-0.39, 0.29) is 33.9 Å². The molecule has 0 spiro atoms. The fraction of sp³-hybridized carbons (Fsp3) is 0.429. The van der Waals surface area contributed by atoms with Crippen LogP contribution in [0.3, 0.4) is 0 Å². The number of nitrogens with zero attached hydrogens (tertiary/aromatic N) is 1. The minimum atomic E-state index is -1.89. The van der Waals surface area contributed by atoms with Gasteiger partial charge in [-0.05, 0) is 35.2 Å². The lowest BCUT2D eigenvalue weighted by atomic mass is 9.94. The first kappa shape index (κ1) is 31.5. The van der Waals surface area contributed by atoms with Gasteiger partial charge in [0.1, 0.15) is 36.0 Å². The number of carbonyl (C=O) groups is 2. The van der Waals surface area contributed by atoms with E-state index in [1.807, 2.05) is 20.8 Å². The van der Waals surface area contributed by atoms with Crippen molar-refractivity contribution in [3.8, 4) is 0 Å². The summed E-state index contributed by atoms with van der Waals surface area (Å²) in [5.74, 6) is -3.72. The molecule has 0 fully saturated rings. The Bertz CT molecular complexity index is 1260. The Labute approximate surface area is 233 Å². The predicted molar refractivity (Wildman–Crippen MR) is 145 cm³/mol. The van der Waals surface area contributed by atoms with Gasteiger partial charge in [0, 0.05) is 13.2 Å². The van der Waals surface area contributed by atoms with Gasteiger partial charge < -0.3 is 30.3 Å². The summed E-state index contributed by atoms with van der Waals surface area (Å²) in [6.45, 7) is 5.31. The SMILES string of the molecule is CO[C@@H](C(=O)N[C@H]1C[S@@](=O)c2ccccc2N(Cc2cc(F)cc(F)c2)C1=O)[C@H](O)[C@@H](O)[C@H](O)/C=C/C(C)(C)C. The molecule has 0 aromatic heterocycles. The molecule has 1 aliphatic rings. The summed E-state index contributed by atoms with van der Waals surface area (Å²) in [5.41, 5.74) is 0.0590. The summed E-state index contributed by atoms with van der Waals surface area (Å²) in [6, 6.07) is 7.76. The van der Waals surface area contributed by atoms with E-state index in [9.17, 15) is 37.9 Å². The number of allylic oxidation sites excluding steroid dienone is 1. The highest BCUT2D eigenvalue weighted by molar-refractivity contribution is 7.85. The molecule has 1 aliphatic heterocycles. The molecule has 4 N–H and O–H groups in total. The van der Waals surface area contributed by atoms with Crippen molar-refractivity contribution in [2.75, 3.05) is 17.8 Å². The number of rotatable bonds is 9. The minimum absolute atomic E-state index is 0.129. The molecule has 2 aromatic carbocycles. The fourth-order valence-electron chi connectivity index (χ4n) is 4.18. The molecule has 0 unspecified atom stereocenters. The lowest BCUT2D eigenvalue weighted by Crippen LogP contribution is -2.57. The normalized spacial score (nSPS) is 20.9. The summed E-state index contributed by atoms with van der Waals surface area (Å²) >= 11 is 0. The third-order valence-electron chi connectivity index (χ3n) is 6.18. The number of aliphatic hydroxyl groups is 3. The van der Waals surface area contributed by atoms with Crippen LogP contribution in [0.15, 0.2) is 59.5 Å². The van der Waals surface area contributed by atoms with E-state index < -0.39 is 64.7 Å². The third-order valence-corrected chi connectivity index (χ3v) is 7.65. The van der Waals surface area contributed by atoms with E-state index in [2.05, 4.69) is 5.32 Å². The van der Waals surface area contributed by atoms with Crippen molar-refractivity contribution in [3.63, 3.8) is 0 Å². The number of hydrogen-bond acceptors (Lipinski definition) is 7. The number of benzene rings is 2. The second-order valence-electron chi connectivity index (χ2n) is 10.6. The molecule has 0 saturated carbocycles. The highest BCUT2D eigenvalue weighted by Crippen LogP contribution is 2.30. The van der Waals surface area contributed by atoms with Gasteiger partial charge in [0.25, 0.3) is 11.8 Å². The number of carbonyl (C=O) groups excluding carboxylic acids is 2. The van der Waals surface area contributed by atoms with Crippen LogP contribution >= 0.6 is 0 Å². The van der Waals surface area contributed by atoms with E-state index >= 15 is 0 Å². The molecule has 2 amide bonds. The van der Waals surface area contributed by atoms with Crippen LogP contribution in [-0.4, -0.2) is 74.7 Å². The van der Waals surface area contributed by atoms with Gasteiger partial charge in [0.05, 0.1) is 33.7 Å². The number of amides is 2. The van der Waals surface area contributed by atoms with E-state index in [1.165, 1.54) is 17.0 Å². The van der Waals surface area contributed by atoms with Crippen LogP contribution in [0.25, 0.3) is 0 Å². The second-order valence-corrected chi connectivity index (χ2v) is 12.1. The predicted octanol–water partition coefficient (Wildman–Crippen LogP) is 1.80. The number of hydrogen-bond donors (Lipinski definition) is 4. The number of nitrogens with one attached hydrogen (secondary N) is 1. The summed E-state index contributed by atoms with van der Waals surface area (Å²) in [5, 5.41) is 33.8. The highest BCUT2D eigenvalue weighted by atomic mass is 32.2. The molecule has 0 radical (unpaired) electrons.